The number of hydrogen-bond acceptors (Lipinski definition) is 3. The standard InChI is InChI=1S/C22H23F2NO3.C2H6/c1-13-21-18(10-15(23)11-19(21)26)25(16-5-6-17(24)20(12-16)27-2)22(13)14-4-3-8-28-9-7-14;1-2/h5-6,10-12,14,26H,3-4,7-9H2,1-2H3;1-2H3. The zero-order valence-corrected chi connectivity index (χ0v) is 18.0. The molecule has 1 aliphatic rings. The molecule has 0 amide bonds. The van der Waals surface area contributed by atoms with Gasteiger partial charge in [0.1, 0.15) is 11.6 Å². The number of methoxy groups -OCH3 is 1. The number of ether oxygens (including phenoxy) is 2. The van der Waals surface area contributed by atoms with Gasteiger partial charge in [-0.2, -0.15) is 0 Å². The molecule has 0 radical (unpaired) electrons. The van der Waals surface area contributed by atoms with E-state index in [-0.39, 0.29) is 17.4 Å². The summed E-state index contributed by atoms with van der Waals surface area (Å²) in [6, 6.07) is 7.14. The molecule has 4 rings (SSSR count). The maximum absolute atomic E-state index is 14.2. The maximum atomic E-state index is 14.2. The summed E-state index contributed by atoms with van der Waals surface area (Å²) < 4.78 is 40.8. The summed E-state index contributed by atoms with van der Waals surface area (Å²) in [5, 5.41) is 11.1. The average Bonchev–Trinajstić information content (AvgIpc) is 2.89. The number of hydrogen-bond donors (Lipinski definition) is 1. The number of aryl methyl sites for hydroxylation is 1. The lowest BCUT2D eigenvalue weighted by molar-refractivity contribution is 0.143. The van der Waals surface area contributed by atoms with E-state index >= 15 is 0 Å². The van der Waals surface area contributed by atoms with Gasteiger partial charge < -0.3 is 19.1 Å². The first-order valence-corrected chi connectivity index (χ1v) is 10.5. The van der Waals surface area contributed by atoms with E-state index in [2.05, 4.69) is 0 Å². The summed E-state index contributed by atoms with van der Waals surface area (Å²) in [7, 11) is 1.41. The molecule has 1 fully saturated rings. The first kappa shape index (κ1) is 22.1. The smallest absolute Gasteiger partial charge is 0.165 e. The second-order valence-corrected chi connectivity index (χ2v) is 7.22. The lowest BCUT2D eigenvalue weighted by Crippen LogP contribution is -2.09. The highest BCUT2D eigenvalue weighted by molar-refractivity contribution is 5.92. The van der Waals surface area contributed by atoms with Crippen molar-refractivity contribution in [3.63, 3.8) is 0 Å². The first-order chi connectivity index (χ1) is 14.5. The van der Waals surface area contributed by atoms with Crippen LogP contribution in [0.5, 0.6) is 11.5 Å². The molecule has 4 nitrogen and oxygen atoms in total. The highest BCUT2D eigenvalue weighted by atomic mass is 19.1. The van der Waals surface area contributed by atoms with Crippen LogP contribution in [0.4, 0.5) is 8.78 Å². The van der Waals surface area contributed by atoms with E-state index < -0.39 is 11.6 Å². The van der Waals surface area contributed by atoms with Crippen molar-refractivity contribution in [1.82, 2.24) is 4.57 Å². The van der Waals surface area contributed by atoms with E-state index in [0.29, 0.717) is 23.2 Å². The van der Waals surface area contributed by atoms with Crippen LogP contribution in [-0.4, -0.2) is 30.0 Å². The van der Waals surface area contributed by atoms with Gasteiger partial charge in [-0.3, -0.25) is 0 Å². The van der Waals surface area contributed by atoms with E-state index in [0.717, 1.165) is 43.2 Å². The molecule has 2 aromatic carbocycles. The zero-order chi connectivity index (χ0) is 21.8. The van der Waals surface area contributed by atoms with Crippen molar-refractivity contribution in [3.8, 4) is 17.2 Å². The van der Waals surface area contributed by atoms with Gasteiger partial charge in [-0.15, -0.1) is 0 Å². The molecule has 1 aromatic heterocycles. The van der Waals surface area contributed by atoms with Crippen molar-refractivity contribution in [1.29, 1.82) is 0 Å². The van der Waals surface area contributed by atoms with Gasteiger partial charge in [0, 0.05) is 48.0 Å². The van der Waals surface area contributed by atoms with E-state index in [1.807, 2.05) is 25.3 Å². The summed E-state index contributed by atoms with van der Waals surface area (Å²) in [4.78, 5) is 0. The quantitative estimate of drug-likeness (QED) is 0.548. The predicted molar refractivity (Wildman–Crippen MR) is 115 cm³/mol. The van der Waals surface area contributed by atoms with Crippen LogP contribution < -0.4 is 4.74 Å². The van der Waals surface area contributed by atoms with Gasteiger partial charge in [-0.25, -0.2) is 8.78 Å². The van der Waals surface area contributed by atoms with Gasteiger partial charge in [0.25, 0.3) is 0 Å². The fraction of sp³-hybridized carbons (Fsp3) is 0.417. The van der Waals surface area contributed by atoms with Gasteiger partial charge >= 0.3 is 0 Å². The van der Waals surface area contributed by atoms with Crippen molar-refractivity contribution < 1.29 is 23.4 Å². The van der Waals surface area contributed by atoms with Gasteiger partial charge in [-0.1, -0.05) is 13.8 Å². The molecule has 0 bridgehead atoms. The molecule has 0 saturated carbocycles. The number of halogens is 2. The zero-order valence-electron chi connectivity index (χ0n) is 18.0. The molecule has 6 heteroatoms. The Labute approximate surface area is 176 Å². The molecule has 3 aromatic rings. The van der Waals surface area contributed by atoms with Crippen molar-refractivity contribution in [2.24, 2.45) is 0 Å². The molecule has 0 spiro atoms. The van der Waals surface area contributed by atoms with Crippen LogP contribution >= 0.6 is 0 Å². The fourth-order valence-electron chi connectivity index (χ4n) is 4.30. The molecule has 1 unspecified atom stereocenters. The van der Waals surface area contributed by atoms with Crippen molar-refractivity contribution in [2.45, 2.75) is 46.0 Å². The Morgan fingerprint density at radius 1 is 1.10 bits per heavy atom. The van der Waals surface area contributed by atoms with Crippen LogP contribution in [0.1, 0.15) is 50.3 Å². The largest absolute Gasteiger partial charge is 0.507 e. The van der Waals surface area contributed by atoms with Gasteiger partial charge in [0.2, 0.25) is 0 Å². The van der Waals surface area contributed by atoms with Crippen LogP contribution in [0.3, 0.4) is 0 Å². The molecule has 1 N–H and O–H groups in total. The van der Waals surface area contributed by atoms with E-state index in [9.17, 15) is 13.9 Å². The summed E-state index contributed by atoms with van der Waals surface area (Å²) in [6.07, 6.45) is 2.69. The van der Waals surface area contributed by atoms with E-state index in [1.54, 1.807) is 12.1 Å². The Bertz CT molecular complexity index is 1020. The molecule has 162 valence electrons. The number of nitrogens with zero attached hydrogens (tertiary/aromatic N) is 1. The highest BCUT2D eigenvalue weighted by Crippen LogP contribution is 2.41. The Balaban J connectivity index is 0.00000124. The van der Waals surface area contributed by atoms with Gasteiger partial charge in [0.15, 0.2) is 11.6 Å². The molecule has 2 heterocycles. The highest BCUT2D eigenvalue weighted by Gasteiger charge is 2.26. The third-order valence-corrected chi connectivity index (χ3v) is 5.53. The second-order valence-electron chi connectivity index (χ2n) is 7.22. The van der Waals surface area contributed by atoms with Gasteiger partial charge in [-0.05, 0) is 49.9 Å². The first-order valence-electron chi connectivity index (χ1n) is 10.5. The number of rotatable bonds is 3. The summed E-state index contributed by atoms with van der Waals surface area (Å²) in [6.45, 7) is 7.32. The molecule has 1 atom stereocenters. The molecule has 30 heavy (non-hydrogen) atoms. The number of aromatic hydroxyl groups is 1. The number of fused-ring (bicyclic) bond motifs is 1. The molecular weight excluding hydrogens is 388 g/mol. The third-order valence-electron chi connectivity index (χ3n) is 5.53. The normalized spacial score (nSPS) is 16.7. The molecule has 1 aliphatic heterocycles. The fourth-order valence-corrected chi connectivity index (χ4v) is 4.30. The van der Waals surface area contributed by atoms with Crippen molar-refractivity contribution >= 4 is 10.9 Å². The Kier molecular flexibility index (Phi) is 6.98. The minimum Gasteiger partial charge on any atom is -0.507 e. The molecule has 1 saturated heterocycles. The van der Waals surface area contributed by atoms with Crippen LogP contribution in [-0.2, 0) is 4.74 Å². The summed E-state index contributed by atoms with van der Waals surface area (Å²) in [5.74, 6) is -0.765. The third kappa shape index (κ3) is 4.01. The van der Waals surface area contributed by atoms with Crippen LogP contribution in [0.15, 0.2) is 30.3 Å². The van der Waals surface area contributed by atoms with Gasteiger partial charge in [0.05, 0.1) is 12.6 Å². The topological polar surface area (TPSA) is 43.6 Å². The van der Waals surface area contributed by atoms with E-state index in [1.165, 1.54) is 19.2 Å². The van der Waals surface area contributed by atoms with Crippen LogP contribution in [0.2, 0.25) is 0 Å². The Hall–Kier alpha value is -2.60. The van der Waals surface area contributed by atoms with E-state index in [4.69, 9.17) is 9.47 Å². The monoisotopic (exact) mass is 417 g/mol. The van der Waals surface area contributed by atoms with Crippen molar-refractivity contribution in [3.05, 3.63) is 53.2 Å². The maximum Gasteiger partial charge on any atom is 0.165 e. The average molecular weight is 417 g/mol. The Morgan fingerprint density at radius 3 is 2.60 bits per heavy atom. The number of benzene rings is 2. The van der Waals surface area contributed by atoms with Crippen LogP contribution in [0.25, 0.3) is 16.6 Å². The Morgan fingerprint density at radius 2 is 1.87 bits per heavy atom. The van der Waals surface area contributed by atoms with Crippen LogP contribution in [0, 0.1) is 18.6 Å². The SMILES string of the molecule is CC.COc1cc(-n2c(C3CCCOCC3)c(C)c3c(O)cc(F)cc32)ccc1F. The van der Waals surface area contributed by atoms with Crippen molar-refractivity contribution in [2.75, 3.05) is 20.3 Å². The minimum atomic E-state index is -0.520. The summed E-state index contributed by atoms with van der Waals surface area (Å²) in [5.41, 5.74) is 3.13. The second kappa shape index (κ2) is 9.47. The summed E-state index contributed by atoms with van der Waals surface area (Å²) >= 11 is 0. The number of aromatic nitrogens is 1. The number of phenolic OH excluding ortho intramolecular Hbond substituents is 1. The lowest BCUT2D eigenvalue weighted by Gasteiger charge is -2.20. The minimum absolute atomic E-state index is 0.0913. The molecular formula is C24H29F2NO3. The molecule has 0 aliphatic carbocycles. The predicted octanol–water partition coefficient (Wildman–Crippen LogP) is 6.24. The lowest BCUT2D eigenvalue weighted by atomic mass is 9.93. The number of phenols is 1.